The molecule has 2 nitrogen and oxygen atoms in total. The predicted octanol–water partition coefficient (Wildman–Crippen LogP) is 5.12. The highest BCUT2D eigenvalue weighted by atomic mass is 32.1. The first kappa shape index (κ1) is 13.9. The van der Waals surface area contributed by atoms with E-state index in [4.69, 9.17) is 0 Å². The van der Waals surface area contributed by atoms with E-state index in [-0.39, 0.29) is 11.6 Å². The summed E-state index contributed by atoms with van der Waals surface area (Å²) in [4.78, 5) is 5.72. The zero-order chi connectivity index (χ0) is 14.8. The summed E-state index contributed by atoms with van der Waals surface area (Å²) in [6.45, 7) is 2.73. The second-order valence-corrected chi connectivity index (χ2v) is 5.65. The average Bonchev–Trinajstić information content (AvgIpc) is 2.88. The number of benzene rings is 1. The van der Waals surface area contributed by atoms with Gasteiger partial charge in [-0.3, -0.25) is 4.98 Å². The Morgan fingerprint density at radius 2 is 2.05 bits per heavy atom. The van der Waals surface area contributed by atoms with Gasteiger partial charge in [0.05, 0.1) is 17.6 Å². The summed E-state index contributed by atoms with van der Waals surface area (Å²) in [5.74, 6) is -0.611. The maximum atomic E-state index is 14.1. The smallest absolute Gasteiger partial charge is 0.165 e. The van der Waals surface area contributed by atoms with Crippen LogP contribution < -0.4 is 4.90 Å². The van der Waals surface area contributed by atoms with Crippen molar-refractivity contribution in [2.45, 2.75) is 13.3 Å². The lowest BCUT2D eigenvalue weighted by Crippen LogP contribution is -2.18. The zero-order valence-electron chi connectivity index (χ0n) is 11.5. The van der Waals surface area contributed by atoms with Gasteiger partial charge in [-0.2, -0.15) is 0 Å². The van der Waals surface area contributed by atoms with Crippen LogP contribution in [0.25, 0.3) is 10.1 Å². The van der Waals surface area contributed by atoms with Gasteiger partial charge in [0, 0.05) is 28.2 Å². The standard InChI is InChI=1S/C16H14F2N2S/c1-2-7-20(14-5-6-19-9-13(14)18)15-10-21-16-8-11(17)3-4-12(15)16/h3-6,8-10H,2,7H2,1H3. The Morgan fingerprint density at radius 3 is 2.81 bits per heavy atom. The summed E-state index contributed by atoms with van der Waals surface area (Å²) in [5.41, 5.74) is 1.40. The zero-order valence-corrected chi connectivity index (χ0v) is 12.3. The van der Waals surface area contributed by atoms with Crippen LogP contribution in [0.3, 0.4) is 0 Å². The SMILES string of the molecule is CCCN(c1ccncc1F)c1csc2cc(F)ccc12. The molecule has 0 bridgehead atoms. The number of hydrogen-bond acceptors (Lipinski definition) is 3. The van der Waals surface area contributed by atoms with Crippen molar-refractivity contribution in [3.05, 3.63) is 53.7 Å². The van der Waals surface area contributed by atoms with Gasteiger partial charge in [0.2, 0.25) is 0 Å². The van der Waals surface area contributed by atoms with E-state index in [0.29, 0.717) is 12.2 Å². The van der Waals surface area contributed by atoms with Gasteiger partial charge < -0.3 is 4.90 Å². The molecule has 0 spiro atoms. The van der Waals surface area contributed by atoms with Crippen LogP contribution in [0.1, 0.15) is 13.3 Å². The third-order valence-corrected chi connectivity index (χ3v) is 4.23. The molecule has 0 fully saturated rings. The number of halogens is 2. The number of pyridine rings is 1. The van der Waals surface area contributed by atoms with E-state index in [1.807, 2.05) is 17.2 Å². The fourth-order valence-electron chi connectivity index (χ4n) is 2.38. The van der Waals surface area contributed by atoms with Crippen molar-refractivity contribution in [1.29, 1.82) is 0 Å². The topological polar surface area (TPSA) is 16.1 Å². The highest BCUT2D eigenvalue weighted by molar-refractivity contribution is 7.17. The average molecular weight is 304 g/mol. The Bertz CT molecular complexity index is 770. The van der Waals surface area contributed by atoms with E-state index in [1.165, 1.54) is 29.7 Å². The highest BCUT2D eigenvalue weighted by Crippen LogP contribution is 2.37. The predicted molar refractivity (Wildman–Crippen MR) is 83.3 cm³/mol. The van der Waals surface area contributed by atoms with E-state index in [1.54, 1.807) is 18.3 Å². The van der Waals surface area contributed by atoms with Gasteiger partial charge in [0.25, 0.3) is 0 Å². The number of anilines is 2. The van der Waals surface area contributed by atoms with Crippen LogP contribution in [0.5, 0.6) is 0 Å². The summed E-state index contributed by atoms with van der Waals surface area (Å²) in [7, 11) is 0. The lowest BCUT2D eigenvalue weighted by Gasteiger charge is -2.24. The molecule has 0 aliphatic heterocycles. The molecule has 108 valence electrons. The molecule has 5 heteroatoms. The Labute approximate surface area is 125 Å². The molecule has 1 aromatic carbocycles. The summed E-state index contributed by atoms with van der Waals surface area (Å²) < 4.78 is 28.2. The monoisotopic (exact) mass is 304 g/mol. The first-order valence-corrected chi connectivity index (χ1v) is 7.62. The second-order valence-electron chi connectivity index (χ2n) is 4.74. The van der Waals surface area contributed by atoms with Crippen LogP contribution in [-0.4, -0.2) is 11.5 Å². The van der Waals surface area contributed by atoms with E-state index in [2.05, 4.69) is 4.98 Å². The van der Waals surface area contributed by atoms with E-state index in [0.717, 1.165) is 22.2 Å². The molecule has 0 aliphatic rings. The lowest BCUT2D eigenvalue weighted by atomic mass is 10.2. The molecule has 0 N–H and O–H groups in total. The molecule has 0 atom stereocenters. The number of thiophene rings is 1. The Balaban J connectivity index is 2.14. The molecule has 0 saturated carbocycles. The maximum absolute atomic E-state index is 14.1. The first-order valence-electron chi connectivity index (χ1n) is 6.74. The number of aromatic nitrogens is 1. The van der Waals surface area contributed by atoms with Gasteiger partial charge in [0.15, 0.2) is 5.82 Å². The largest absolute Gasteiger partial charge is 0.338 e. The van der Waals surface area contributed by atoms with Crippen molar-refractivity contribution >= 4 is 32.8 Å². The van der Waals surface area contributed by atoms with E-state index < -0.39 is 0 Å². The Kier molecular flexibility index (Phi) is 3.84. The fourth-order valence-corrected chi connectivity index (χ4v) is 3.35. The molecule has 2 heterocycles. The van der Waals surface area contributed by atoms with Crippen LogP contribution in [0.4, 0.5) is 20.2 Å². The van der Waals surface area contributed by atoms with E-state index >= 15 is 0 Å². The third kappa shape index (κ3) is 2.61. The van der Waals surface area contributed by atoms with Crippen LogP contribution in [0, 0.1) is 11.6 Å². The van der Waals surface area contributed by atoms with Crippen molar-refractivity contribution in [2.24, 2.45) is 0 Å². The molecule has 0 aliphatic carbocycles. The van der Waals surface area contributed by atoms with Crippen molar-refractivity contribution in [2.75, 3.05) is 11.4 Å². The number of rotatable bonds is 4. The fraction of sp³-hybridized carbons (Fsp3) is 0.188. The lowest BCUT2D eigenvalue weighted by molar-refractivity contribution is 0.618. The van der Waals surface area contributed by atoms with Crippen molar-refractivity contribution in [1.82, 2.24) is 4.98 Å². The quantitative estimate of drug-likeness (QED) is 0.665. The van der Waals surface area contributed by atoms with Crippen molar-refractivity contribution in [3.63, 3.8) is 0 Å². The molecular weight excluding hydrogens is 290 g/mol. The molecule has 2 aromatic heterocycles. The minimum atomic E-state index is -0.354. The minimum Gasteiger partial charge on any atom is -0.338 e. The maximum Gasteiger partial charge on any atom is 0.165 e. The van der Waals surface area contributed by atoms with Gasteiger partial charge in [-0.25, -0.2) is 8.78 Å². The molecule has 0 amide bonds. The van der Waals surface area contributed by atoms with Gasteiger partial charge in [-0.15, -0.1) is 11.3 Å². The summed E-state index contributed by atoms with van der Waals surface area (Å²) in [6.07, 6.45) is 3.67. The summed E-state index contributed by atoms with van der Waals surface area (Å²) in [6, 6.07) is 6.36. The van der Waals surface area contributed by atoms with Crippen LogP contribution in [-0.2, 0) is 0 Å². The highest BCUT2D eigenvalue weighted by Gasteiger charge is 2.17. The minimum absolute atomic E-state index is 0.256. The normalized spacial score (nSPS) is 11.0. The van der Waals surface area contributed by atoms with E-state index in [9.17, 15) is 8.78 Å². The van der Waals surface area contributed by atoms with Crippen LogP contribution in [0.2, 0.25) is 0 Å². The number of fused-ring (bicyclic) bond motifs is 1. The number of nitrogens with zero attached hydrogens (tertiary/aromatic N) is 2. The molecule has 3 aromatic rings. The molecule has 0 radical (unpaired) electrons. The molecule has 0 unspecified atom stereocenters. The second kappa shape index (κ2) is 5.77. The Morgan fingerprint density at radius 1 is 1.19 bits per heavy atom. The molecule has 0 saturated heterocycles. The van der Waals surface area contributed by atoms with Gasteiger partial charge in [0.1, 0.15) is 5.82 Å². The summed E-state index contributed by atoms with van der Waals surface area (Å²) in [5, 5.41) is 2.88. The van der Waals surface area contributed by atoms with Gasteiger partial charge >= 0.3 is 0 Å². The molecular formula is C16H14F2N2S. The molecule has 3 rings (SSSR count). The third-order valence-electron chi connectivity index (χ3n) is 3.30. The van der Waals surface area contributed by atoms with Crippen molar-refractivity contribution < 1.29 is 8.78 Å². The first-order chi connectivity index (χ1) is 10.2. The van der Waals surface area contributed by atoms with Crippen LogP contribution >= 0.6 is 11.3 Å². The molecule has 21 heavy (non-hydrogen) atoms. The van der Waals surface area contributed by atoms with Crippen molar-refractivity contribution in [3.8, 4) is 0 Å². The Hall–Kier alpha value is -2.01. The summed E-state index contributed by atoms with van der Waals surface area (Å²) >= 11 is 1.46. The van der Waals surface area contributed by atoms with Gasteiger partial charge in [-0.05, 0) is 30.7 Å². The number of hydrogen-bond donors (Lipinski definition) is 0. The van der Waals surface area contributed by atoms with Gasteiger partial charge in [-0.1, -0.05) is 6.92 Å². The van der Waals surface area contributed by atoms with Crippen LogP contribution in [0.15, 0.2) is 42.0 Å².